The number of amides is 1. The molecule has 0 aliphatic carbocycles. The van der Waals surface area contributed by atoms with Gasteiger partial charge >= 0.3 is 0 Å². The number of hydrogen-bond acceptors (Lipinski definition) is 6. The average Bonchev–Trinajstić information content (AvgIpc) is 2.68. The highest BCUT2D eigenvalue weighted by Gasteiger charge is 2.12. The zero-order valence-electron chi connectivity index (χ0n) is 14.2. The Morgan fingerprint density at radius 1 is 1.12 bits per heavy atom. The molecule has 0 saturated carbocycles. The number of aryl methyl sites for hydroxylation is 2. The van der Waals surface area contributed by atoms with Crippen LogP contribution in [0, 0.1) is 0 Å². The van der Waals surface area contributed by atoms with Crippen LogP contribution in [-0.4, -0.2) is 42.1 Å². The molecule has 0 spiro atoms. The van der Waals surface area contributed by atoms with E-state index in [2.05, 4.69) is 43.8 Å². The number of nitrogens with one attached hydrogen (secondary N) is 2. The third kappa shape index (κ3) is 5.50. The molecule has 7 nitrogen and oxygen atoms in total. The van der Waals surface area contributed by atoms with E-state index in [1.807, 2.05) is 12.1 Å². The lowest BCUT2D eigenvalue weighted by molar-refractivity contribution is -0.120. The molecule has 4 N–H and O–H groups in total. The second kappa shape index (κ2) is 9.84. The van der Waals surface area contributed by atoms with Crippen molar-refractivity contribution in [3.63, 3.8) is 0 Å². The average molecular weight is 356 g/mol. The summed E-state index contributed by atoms with van der Waals surface area (Å²) in [6.07, 6.45) is 3.73. The van der Waals surface area contributed by atoms with Crippen molar-refractivity contribution in [3.8, 4) is 0 Å². The maximum Gasteiger partial charge on any atom is 0.238 e. The van der Waals surface area contributed by atoms with Crippen LogP contribution in [0.4, 0.5) is 5.82 Å². The summed E-state index contributed by atoms with van der Waals surface area (Å²) < 4.78 is 0. The van der Waals surface area contributed by atoms with Crippen molar-refractivity contribution in [1.82, 2.24) is 20.7 Å². The van der Waals surface area contributed by atoms with E-state index >= 15 is 0 Å². The molecule has 7 heteroatoms. The standard InChI is InChI=1S/C18H24N6O.CH4/c19-23-18(25)11-15-3-1-14(2-4-15)5-6-16-12-17(22-13-21-16)24-9-7-20-8-10-24;/h1-4,12-13,20H,5-11,19H2,(H,23,25);1H4. The second-order valence-electron chi connectivity index (χ2n) is 6.17. The summed E-state index contributed by atoms with van der Waals surface area (Å²) in [7, 11) is 0. The number of aromatic nitrogens is 2. The number of nitrogens with zero attached hydrogens (tertiary/aromatic N) is 3. The molecular weight excluding hydrogens is 328 g/mol. The summed E-state index contributed by atoms with van der Waals surface area (Å²) in [6.45, 7) is 3.95. The number of anilines is 1. The third-order valence-electron chi connectivity index (χ3n) is 4.37. The Balaban J connectivity index is 0.00000243. The lowest BCUT2D eigenvalue weighted by atomic mass is 10.0. The highest BCUT2D eigenvalue weighted by molar-refractivity contribution is 5.77. The Kier molecular flexibility index (Phi) is 7.50. The predicted octanol–water partition coefficient (Wildman–Crippen LogP) is 0.840. The minimum atomic E-state index is -0.186. The smallest absolute Gasteiger partial charge is 0.238 e. The second-order valence-corrected chi connectivity index (χ2v) is 6.17. The van der Waals surface area contributed by atoms with E-state index in [4.69, 9.17) is 5.84 Å². The Hall–Kier alpha value is -2.51. The van der Waals surface area contributed by atoms with Crippen LogP contribution in [-0.2, 0) is 24.1 Å². The van der Waals surface area contributed by atoms with E-state index in [1.165, 1.54) is 5.56 Å². The Morgan fingerprint density at radius 2 is 1.81 bits per heavy atom. The van der Waals surface area contributed by atoms with Gasteiger partial charge in [-0.15, -0.1) is 0 Å². The van der Waals surface area contributed by atoms with Crippen LogP contribution >= 0.6 is 0 Å². The van der Waals surface area contributed by atoms with Gasteiger partial charge in [0.15, 0.2) is 0 Å². The van der Waals surface area contributed by atoms with Crippen molar-refractivity contribution in [3.05, 3.63) is 53.5 Å². The van der Waals surface area contributed by atoms with Gasteiger partial charge in [-0.25, -0.2) is 15.8 Å². The zero-order valence-corrected chi connectivity index (χ0v) is 14.2. The highest BCUT2D eigenvalue weighted by Crippen LogP contribution is 2.14. The normalized spacial score (nSPS) is 13.8. The van der Waals surface area contributed by atoms with Crippen LogP contribution in [0.15, 0.2) is 36.7 Å². The fourth-order valence-corrected chi connectivity index (χ4v) is 2.92. The van der Waals surface area contributed by atoms with Gasteiger partial charge in [0.05, 0.1) is 6.42 Å². The van der Waals surface area contributed by atoms with E-state index in [1.54, 1.807) is 6.33 Å². The molecule has 2 heterocycles. The topological polar surface area (TPSA) is 96.2 Å². The number of carbonyl (C=O) groups is 1. The molecule has 1 aromatic carbocycles. The maximum atomic E-state index is 11.3. The minimum absolute atomic E-state index is 0. The number of rotatable bonds is 6. The van der Waals surface area contributed by atoms with Gasteiger partial charge in [-0.1, -0.05) is 31.7 Å². The Morgan fingerprint density at radius 3 is 2.50 bits per heavy atom. The fraction of sp³-hybridized carbons (Fsp3) is 0.421. The molecule has 0 radical (unpaired) electrons. The molecule has 1 fully saturated rings. The Labute approximate surface area is 155 Å². The van der Waals surface area contributed by atoms with E-state index in [0.29, 0.717) is 6.42 Å². The third-order valence-corrected chi connectivity index (χ3v) is 4.37. The highest BCUT2D eigenvalue weighted by atomic mass is 16.2. The van der Waals surface area contributed by atoms with Crippen LogP contribution in [0.2, 0.25) is 0 Å². The van der Waals surface area contributed by atoms with Crippen LogP contribution in [0.25, 0.3) is 0 Å². The van der Waals surface area contributed by atoms with E-state index < -0.39 is 0 Å². The molecule has 2 aromatic rings. The fourth-order valence-electron chi connectivity index (χ4n) is 2.92. The summed E-state index contributed by atoms with van der Waals surface area (Å²) in [6, 6.07) is 10.1. The number of carbonyl (C=O) groups excluding carboxylic acids is 1. The molecule has 140 valence electrons. The molecule has 0 unspecified atom stereocenters. The summed E-state index contributed by atoms with van der Waals surface area (Å²) in [4.78, 5) is 22.4. The van der Waals surface area contributed by atoms with Gasteiger partial charge in [-0.05, 0) is 24.0 Å². The number of hydrazine groups is 1. The van der Waals surface area contributed by atoms with Crippen molar-refractivity contribution in [2.45, 2.75) is 26.7 Å². The molecular formula is C19H28N6O. The van der Waals surface area contributed by atoms with Gasteiger partial charge in [0.1, 0.15) is 12.1 Å². The lowest BCUT2D eigenvalue weighted by Crippen LogP contribution is -2.43. The Bertz CT molecular complexity index is 697. The summed E-state index contributed by atoms with van der Waals surface area (Å²) >= 11 is 0. The van der Waals surface area contributed by atoms with Crippen LogP contribution in [0.1, 0.15) is 24.2 Å². The molecule has 0 bridgehead atoms. The molecule has 1 saturated heterocycles. The van der Waals surface area contributed by atoms with Crippen LogP contribution < -0.4 is 21.5 Å². The van der Waals surface area contributed by atoms with Crippen LogP contribution in [0.5, 0.6) is 0 Å². The molecule has 1 aromatic heterocycles. The van der Waals surface area contributed by atoms with Gasteiger partial charge in [0, 0.05) is 37.9 Å². The lowest BCUT2D eigenvalue weighted by Gasteiger charge is -2.28. The van der Waals surface area contributed by atoms with Crippen molar-refractivity contribution in [2.75, 3.05) is 31.1 Å². The molecule has 3 rings (SSSR count). The zero-order chi connectivity index (χ0) is 17.5. The quantitative estimate of drug-likeness (QED) is 0.403. The van der Waals surface area contributed by atoms with E-state index in [9.17, 15) is 4.79 Å². The minimum Gasteiger partial charge on any atom is -0.354 e. The maximum absolute atomic E-state index is 11.3. The van der Waals surface area contributed by atoms with Gasteiger partial charge in [-0.3, -0.25) is 10.2 Å². The number of hydrogen-bond donors (Lipinski definition) is 3. The first-order chi connectivity index (χ1) is 12.2. The summed E-state index contributed by atoms with van der Waals surface area (Å²) in [5.41, 5.74) is 5.37. The monoisotopic (exact) mass is 356 g/mol. The van der Waals surface area contributed by atoms with E-state index in [0.717, 1.165) is 56.1 Å². The molecule has 1 amide bonds. The summed E-state index contributed by atoms with van der Waals surface area (Å²) in [5, 5.41) is 3.35. The van der Waals surface area contributed by atoms with Gasteiger partial charge in [0.2, 0.25) is 5.91 Å². The van der Waals surface area contributed by atoms with Crippen molar-refractivity contribution in [2.24, 2.45) is 5.84 Å². The number of benzene rings is 1. The van der Waals surface area contributed by atoms with E-state index in [-0.39, 0.29) is 13.3 Å². The molecule has 0 atom stereocenters. The molecule has 1 aliphatic heterocycles. The van der Waals surface area contributed by atoms with Crippen molar-refractivity contribution in [1.29, 1.82) is 0 Å². The first-order valence-electron chi connectivity index (χ1n) is 8.58. The van der Waals surface area contributed by atoms with Gasteiger partial charge in [0.25, 0.3) is 0 Å². The van der Waals surface area contributed by atoms with Gasteiger partial charge in [-0.2, -0.15) is 0 Å². The summed E-state index contributed by atoms with van der Waals surface area (Å²) in [5.74, 6) is 5.93. The number of nitrogens with two attached hydrogens (primary N) is 1. The SMILES string of the molecule is C.NNC(=O)Cc1ccc(CCc2cc(N3CCNCC3)ncn2)cc1. The van der Waals surface area contributed by atoms with Crippen molar-refractivity contribution >= 4 is 11.7 Å². The first kappa shape index (κ1) is 19.8. The predicted molar refractivity (Wildman–Crippen MR) is 104 cm³/mol. The van der Waals surface area contributed by atoms with Crippen LogP contribution in [0.3, 0.4) is 0 Å². The van der Waals surface area contributed by atoms with Crippen molar-refractivity contribution < 1.29 is 4.79 Å². The first-order valence-corrected chi connectivity index (χ1v) is 8.58. The molecule has 26 heavy (non-hydrogen) atoms. The number of piperazine rings is 1. The molecule has 1 aliphatic rings. The van der Waals surface area contributed by atoms with Gasteiger partial charge < -0.3 is 10.2 Å². The largest absolute Gasteiger partial charge is 0.354 e.